The minimum Gasteiger partial charge on any atom is -0.484 e. The monoisotopic (exact) mass is 416 g/mol. The highest BCUT2D eigenvalue weighted by Crippen LogP contribution is 2.15. The number of carbonyl (C=O) groups excluding carboxylic acids is 2. The number of amides is 2. The second kappa shape index (κ2) is 11.6. The van der Waals surface area contributed by atoms with Crippen LogP contribution < -0.4 is 15.4 Å². The maximum atomic E-state index is 12.4. The summed E-state index contributed by atoms with van der Waals surface area (Å²) in [7, 11) is 0. The van der Waals surface area contributed by atoms with E-state index in [0.717, 1.165) is 30.5 Å². The number of anilines is 1. The highest BCUT2D eigenvalue weighted by molar-refractivity contribution is 5.94. The number of benzene rings is 3. The molecule has 3 aromatic rings. The van der Waals surface area contributed by atoms with Crippen LogP contribution in [0.4, 0.5) is 5.69 Å². The van der Waals surface area contributed by atoms with Gasteiger partial charge in [0.05, 0.1) is 0 Å². The highest BCUT2D eigenvalue weighted by Gasteiger charge is 2.08. The van der Waals surface area contributed by atoms with Crippen molar-refractivity contribution in [3.63, 3.8) is 0 Å². The van der Waals surface area contributed by atoms with Gasteiger partial charge in [0.15, 0.2) is 6.61 Å². The Bertz CT molecular complexity index is 985. The van der Waals surface area contributed by atoms with E-state index in [0.29, 0.717) is 17.9 Å². The Labute approximate surface area is 183 Å². The van der Waals surface area contributed by atoms with Crippen LogP contribution in [0.3, 0.4) is 0 Å². The molecule has 0 radical (unpaired) electrons. The third kappa shape index (κ3) is 7.30. The molecule has 0 aliphatic carbocycles. The van der Waals surface area contributed by atoms with Crippen LogP contribution in [0.5, 0.6) is 5.75 Å². The zero-order valence-corrected chi connectivity index (χ0v) is 17.8. The molecule has 0 bridgehead atoms. The number of ether oxygens (including phenoxy) is 1. The molecule has 2 N–H and O–H groups in total. The fraction of sp³-hybridized carbons (Fsp3) is 0.231. The van der Waals surface area contributed by atoms with Crippen molar-refractivity contribution < 1.29 is 14.3 Å². The Kier molecular flexibility index (Phi) is 8.23. The van der Waals surface area contributed by atoms with Crippen molar-refractivity contribution in [2.45, 2.75) is 32.7 Å². The summed E-state index contributed by atoms with van der Waals surface area (Å²) >= 11 is 0. The van der Waals surface area contributed by atoms with Crippen molar-refractivity contribution in [2.24, 2.45) is 0 Å². The number of carbonyl (C=O) groups is 2. The molecule has 0 aliphatic rings. The van der Waals surface area contributed by atoms with E-state index < -0.39 is 0 Å². The number of hydrogen-bond acceptors (Lipinski definition) is 3. The third-order valence-electron chi connectivity index (χ3n) is 4.82. The summed E-state index contributed by atoms with van der Waals surface area (Å²) in [5.41, 5.74) is 3.51. The van der Waals surface area contributed by atoms with Gasteiger partial charge in [0.2, 0.25) is 0 Å². The lowest BCUT2D eigenvalue weighted by Gasteiger charge is -2.10. The molecule has 2 amide bonds. The maximum absolute atomic E-state index is 12.4. The Balaban J connectivity index is 1.47. The van der Waals surface area contributed by atoms with Gasteiger partial charge in [0.25, 0.3) is 11.8 Å². The molecule has 0 aliphatic heterocycles. The van der Waals surface area contributed by atoms with Crippen LogP contribution >= 0.6 is 0 Å². The van der Waals surface area contributed by atoms with Gasteiger partial charge < -0.3 is 15.4 Å². The zero-order chi connectivity index (χ0) is 21.9. The van der Waals surface area contributed by atoms with Gasteiger partial charge in [-0.1, -0.05) is 61.9 Å². The third-order valence-corrected chi connectivity index (χ3v) is 4.82. The number of aryl methyl sites for hydroxylation is 1. The molecule has 0 saturated carbocycles. The van der Waals surface area contributed by atoms with Crippen molar-refractivity contribution in [1.29, 1.82) is 0 Å². The van der Waals surface area contributed by atoms with Crippen LogP contribution in [-0.2, 0) is 17.8 Å². The zero-order valence-electron chi connectivity index (χ0n) is 17.8. The Morgan fingerprint density at radius 3 is 2.39 bits per heavy atom. The largest absolute Gasteiger partial charge is 0.484 e. The SMILES string of the molecule is CCCCc1ccc(NC(=O)COc2cccc(C(=O)NCc3ccccc3)c2)cc1. The molecule has 3 aromatic carbocycles. The van der Waals surface area contributed by atoms with Crippen molar-refractivity contribution in [1.82, 2.24) is 5.32 Å². The lowest BCUT2D eigenvalue weighted by atomic mass is 10.1. The van der Waals surface area contributed by atoms with E-state index in [2.05, 4.69) is 17.6 Å². The minimum absolute atomic E-state index is 0.132. The van der Waals surface area contributed by atoms with Crippen molar-refractivity contribution in [2.75, 3.05) is 11.9 Å². The van der Waals surface area contributed by atoms with Gasteiger partial charge in [-0.2, -0.15) is 0 Å². The van der Waals surface area contributed by atoms with E-state index in [4.69, 9.17) is 4.74 Å². The molecule has 0 atom stereocenters. The molecule has 5 heteroatoms. The molecule has 0 fully saturated rings. The molecule has 5 nitrogen and oxygen atoms in total. The molecule has 0 saturated heterocycles. The summed E-state index contributed by atoms with van der Waals surface area (Å²) in [5.74, 6) is 0.0274. The fourth-order valence-corrected chi connectivity index (χ4v) is 3.09. The van der Waals surface area contributed by atoms with Crippen LogP contribution in [0.2, 0.25) is 0 Å². The normalized spacial score (nSPS) is 10.4. The van der Waals surface area contributed by atoms with E-state index in [1.54, 1.807) is 24.3 Å². The average molecular weight is 417 g/mol. The first-order valence-electron chi connectivity index (χ1n) is 10.6. The van der Waals surface area contributed by atoms with Gasteiger partial charge in [-0.25, -0.2) is 0 Å². The number of unbranched alkanes of at least 4 members (excludes halogenated alkanes) is 1. The fourth-order valence-electron chi connectivity index (χ4n) is 3.09. The van der Waals surface area contributed by atoms with E-state index in [1.165, 1.54) is 5.56 Å². The summed E-state index contributed by atoms with van der Waals surface area (Å²) in [6, 6.07) is 24.4. The first kappa shape index (κ1) is 22.1. The molecule has 160 valence electrons. The summed E-state index contributed by atoms with van der Waals surface area (Å²) in [5, 5.41) is 5.71. The molecule has 3 rings (SSSR count). The molecule has 0 heterocycles. The Hall–Kier alpha value is -3.60. The van der Waals surface area contributed by atoms with Gasteiger partial charge >= 0.3 is 0 Å². The highest BCUT2D eigenvalue weighted by atomic mass is 16.5. The van der Waals surface area contributed by atoms with Gasteiger partial charge in [-0.15, -0.1) is 0 Å². The van der Waals surface area contributed by atoms with Gasteiger partial charge in [0, 0.05) is 17.8 Å². The van der Waals surface area contributed by atoms with Crippen LogP contribution in [0.15, 0.2) is 78.9 Å². The molecule has 0 spiro atoms. The Morgan fingerprint density at radius 1 is 0.871 bits per heavy atom. The quantitative estimate of drug-likeness (QED) is 0.490. The summed E-state index contributed by atoms with van der Waals surface area (Å²) in [4.78, 5) is 24.6. The summed E-state index contributed by atoms with van der Waals surface area (Å²) in [6.45, 7) is 2.48. The van der Waals surface area contributed by atoms with Crippen LogP contribution in [-0.4, -0.2) is 18.4 Å². The van der Waals surface area contributed by atoms with Crippen molar-refractivity contribution in [3.8, 4) is 5.75 Å². The van der Waals surface area contributed by atoms with E-state index in [1.807, 2.05) is 54.6 Å². The molecule has 31 heavy (non-hydrogen) atoms. The van der Waals surface area contributed by atoms with Crippen LogP contribution in [0.1, 0.15) is 41.3 Å². The van der Waals surface area contributed by atoms with Crippen LogP contribution in [0.25, 0.3) is 0 Å². The second-order valence-electron chi connectivity index (χ2n) is 7.33. The van der Waals surface area contributed by atoms with Gasteiger partial charge in [0.1, 0.15) is 5.75 Å². The maximum Gasteiger partial charge on any atom is 0.262 e. The Morgan fingerprint density at radius 2 is 1.65 bits per heavy atom. The lowest BCUT2D eigenvalue weighted by molar-refractivity contribution is -0.118. The minimum atomic E-state index is -0.250. The smallest absolute Gasteiger partial charge is 0.262 e. The van der Waals surface area contributed by atoms with Crippen LogP contribution in [0, 0.1) is 0 Å². The number of nitrogens with one attached hydrogen (secondary N) is 2. The van der Waals surface area contributed by atoms with Gasteiger partial charge in [-0.3, -0.25) is 9.59 Å². The van der Waals surface area contributed by atoms with Crippen molar-refractivity contribution >= 4 is 17.5 Å². The predicted molar refractivity (Wildman–Crippen MR) is 123 cm³/mol. The van der Waals surface area contributed by atoms with E-state index >= 15 is 0 Å². The second-order valence-corrected chi connectivity index (χ2v) is 7.33. The topological polar surface area (TPSA) is 67.4 Å². The standard InChI is InChI=1S/C26H28N2O3/c1-2-3-8-20-13-15-23(16-14-20)28-25(29)19-31-24-12-7-11-22(17-24)26(30)27-18-21-9-5-4-6-10-21/h4-7,9-17H,2-3,8,18-19H2,1H3,(H,27,30)(H,28,29). The summed E-state index contributed by atoms with van der Waals surface area (Å²) in [6.07, 6.45) is 3.36. The molecule has 0 unspecified atom stereocenters. The summed E-state index contributed by atoms with van der Waals surface area (Å²) < 4.78 is 5.58. The predicted octanol–water partition coefficient (Wildman–Crippen LogP) is 4.98. The lowest BCUT2D eigenvalue weighted by Crippen LogP contribution is -2.23. The number of hydrogen-bond donors (Lipinski definition) is 2. The molecular weight excluding hydrogens is 388 g/mol. The van der Waals surface area contributed by atoms with E-state index in [-0.39, 0.29) is 18.4 Å². The number of rotatable bonds is 10. The molecule has 0 aromatic heterocycles. The van der Waals surface area contributed by atoms with Crippen molar-refractivity contribution in [3.05, 3.63) is 95.6 Å². The van der Waals surface area contributed by atoms with Gasteiger partial charge in [-0.05, 0) is 54.3 Å². The first-order valence-corrected chi connectivity index (χ1v) is 10.6. The average Bonchev–Trinajstić information content (AvgIpc) is 2.81. The first-order chi connectivity index (χ1) is 15.1. The molecular formula is C26H28N2O3. The van der Waals surface area contributed by atoms with E-state index in [9.17, 15) is 9.59 Å².